The van der Waals surface area contributed by atoms with Crippen LogP contribution in [0.1, 0.15) is 42.1 Å². The van der Waals surface area contributed by atoms with E-state index in [1.165, 1.54) is 0 Å². The fourth-order valence-corrected chi connectivity index (χ4v) is 1.23. The number of unbranched alkanes of at least 4 members (excludes halogenated alkanes) is 1. The number of carboxylic acids is 1. The van der Waals surface area contributed by atoms with Crippen molar-refractivity contribution < 1.29 is 20.1 Å². The smallest absolute Gasteiger partial charge is 0.335 e. The van der Waals surface area contributed by atoms with Gasteiger partial charge in [0, 0.05) is 0 Å². The Morgan fingerprint density at radius 3 is 2.22 bits per heavy atom. The third-order valence-corrected chi connectivity index (χ3v) is 2.40. The van der Waals surface area contributed by atoms with Crippen LogP contribution in [-0.2, 0) is 0 Å². The minimum atomic E-state index is -0.875. The van der Waals surface area contributed by atoms with Crippen molar-refractivity contribution in [2.75, 3.05) is 6.61 Å². The van der Waals surface area contributed by atoms with Crippen LogP contribution in [0.4, 0.5) is 0 Å². The monoisotopic (exact) mass is 254 g/mol. The molecule has 4 heteroatoms. The van der Waals surface area contributed by atoms with E-state index in [4.69, 9.17) is 15.3 Å². The summed E-state index contributed by atoms with van der Waals surface area (Å²) in [5.74, 6) is -0.875. The standard InChI is InChI=1S/C8H8O2.C6H14O2/c1-6-2-4-7(5-3-6)8(9)10;1-2-3-4-6(8)5-7/h2-5H,1H3,(H,9,10);6-8H,2-5H2,1H3. The number of carboxylic acid groups (broad SMARTS) is 1. The number of aryl methyl sites for hydroxylation is 1. The average molecular weight is 254 g/mol. The lowest BCUT2D eigenvalue weighted by Crippen LogP contribution is -2.10. The molecule has 0 amide bonds. The largest absolute Gasteiger partial charge is 0.478 e. The average Bonchev–Trinajstić information content (AvgIpc) is 2.37. The Morgan fingerprint density at radius 1 is 1.28 bits per heavy atom. The van der Waals surface area contributed by atoms with Crippen molar-refractivity contribution in [3.8, 4) is 0 Å². The SMILES string of the molecule is CCCCC(O)CO.Cc1ccc(C(=O)O)cc1. The van der Waals surface area contributed by atoms with Crippen molar-refractivity contribution in [2.24, 2.45) is 0 Å². The van der Waals surface area contributed by atoms with E-state index in [0.717, 1.165) is 24.8 Å². The maximum atomic E-state index is 10.3. The highest BCUT2D eigenvalue weighted by atomic mass is 16.4. The van der Waals surface area contributed by atoms with Crippen LogP contribution in [0.5, 0.6) is 0 Å². The summed E-state index contributed by atoms with van der Waals surface area (Å²) in [6, 6.07) is 6.75. The Kier molecular flexibility index (Phi) is 8.88. The molecule has 18 heavy (non-hydrogen) atoms. The van der Waals surface area contributed by atoms with Crippen molar-refractivity contribution in [3.63, 3.8) is 0 Å². The molecular formula is C14H22O4. The minimum Gasteiger partial charge on any atom is -0.478 e. The maximum Gasteiger partial charge on any atom is 0.335 e. The van der Waals surface area contributed by atoms with Gasteiger partial charge in [-0.25, -0.2) is 4.79 Å². The first-order valence-corrected chi connectivity index (χ1v) is 6.10. The number of hydrogen-bond donors (Lipinski definition) is 3. The van der Waals surface area contributed by atoms with E-state index in [0.29, 0.717) is 5.56 Å². The molecule has 3 N–H and O–H groups in total. The van der Waals surface area contributed by atoms with Gasteiger partial charge in [-0.3, -0.25) is 0 Å². The van der Waals surface area contributed by atoms with Gasteiger partial charge in [0.1, 0.15) is 0 Å². The van der Waals surface area contributed by atoms with Crippen LogP contribution in [-0.4, -0.2) is 34.0 Å². The predicted octanol–water partition coefficient (Wildman–Crippen LogP) is 2.22. The van der Waals surface area contributed by atoms with Gasteiger partial charge in [0.05, 0.1) is 18.3 Å². The molecule has 0 saturated heterocycles. The first kappa shape index (κ1) is 16.6. The molecule has 0 fully saturated rings. The third-order valence-electron chi connectivity index (χ3n) is 2.40. The summed E-state index contributed by atoms with van der Waals surface area (Å²) in [5, 5.41) is 25.5. The molecule has 0 saturated carbocycles. The van der Waals surface area contributed by atoms with Gasteiger partial charge in [-0.2, -0.15) is 0 Å². The van der Waals surface area contributed by atoms with E-state index < -0.39 is 12.1 Å². The summed E-state index contributed by atoms with van der Waals surface area (Å²) in [4.78, 5) is 10.3. The Balaban J connectivity index is 0.000000331. The molecule has 0 aliphatic heterocycles. The van der Waals surface area contributed by atoms with Crippen LogP contribution in [0.3, 0.4) is 0 Å². The van der Waals surface area contributed by atoms with Gasteiger partial charge in [0.25, 0.3) is 0 Å². The number of hydrogen-bond acceptors (Lipinski definition) is 3. The van der Waals surface area contributed by atoms with Gasteiger partial charge in [0.15, 0.2) is 0 Å². The van der Waals surface area contributed by atoms with Gasteiger partial charge in [-0.15, -0.1) is 0 Å². The van der Waals surface area contributed by atoms with E-state index in [1.807, 2.05) is 6.92 Å². The molecule has 1 rings (SSSR count). The van der Waals surface area contributed by atoms with Gasteiger partial charge < -0.3 is 15.3 Å². The highest BCUT2D eigenvalue weighted by Crippen LogP contribution is 2.01. The van der Waals surface area contributed by atoms with Gasteiger partial charge >= 0.3 is 5.97 Å². The second kappa shape index (κ2) is 9.62. The van der Waals surface area contributed by atoms with Crippen molar-refractivity contribution in [2.45, 2.75) is 39.2 Å². The van der Waals surface area contributed by atoms with E-state index in [2.05, 4.69) is 6.92 Å². The van der Waals surface area contributed by atoms with Crippen LogP contribution >= 0.6 is 0 Å². The molecule has 0 bridgehead atoms. The summed E-state index contributed by atoms with van der Waals surface area (Å²) in [6.07, 6.45) is 2.32. The number of carbonyl (C=O) groups is 1. The highest BCUT2D eigenvalue weighted by Gasteiger charge is 1.98. The topological polar surface area (TPSA) is 77.8 Å². The van der Waals surface area contributed by atoms with Gasteiger partial charge in [-0.05, 0) is 25.5 Å². The second-order valence-corrected chi connectivity index (χ2v) is 4.15. The molecule has 0 radical (unpaired) electrons. The zero-order chi connectivity index (χ0) is 14.0. The quantitative estimate of drug-likeness (QED) is 0.753. The first-order chi connectivity index (χ1) is 8.51. The van der Waals surface area contributed by atoms with Crippen molar-refractivity contribution in [3.05, 3.63) is 35.4 Å². The van der Waals surface area contributed by atoms with E-state index >= 15 is 0 Å². The van der Waals surface area contributed by atoms with Crippen molar-refractivity contribution >= 4 is 5.97 Å². The second-order valence-electron chi connectivity index (χ2n) is 4.15. The fraction of sp³-hybridized carbons (Fsp3) is 0.500. The van der Waals surface area contributed by atoms with E-state index in [9.17, 15) is 4.79 Å². The van der Waals surface area contributed by atoms with Crippen LogP contribution < -0.4 is 0 Å². The number of benzene rings is 1. The number of aromatic carboxylic acids is 1. The first-order valence-electron chi connectivity index (χ1n) is 6.10. The number of aliphatic hydroxyl groups is 2. The Labute approximate surface area is 108 Å². The zero-order valence-electron chi connectivity index (χ0n) is 11.0. The van der Waals surface area contributed by atoms with Gasteiger partial charge in [-0.1, -0.05) is 37.5 Å². The highest BCUT2D eigenvalue weighted by molar-refractivity contribution is 5.87. The molecule has 102 valence electrons. The summed E-state index contributed by atoms with van der Waals surface area (Å²) in [7, 11) is 0. The van der Waals surface area contributed by atoms with Crippen molar-refractivity contribution in [1.29, 1.82) is 0 Å². The maximum absolute atomic E-state index is 10.3. The molecule has 1 atom stereocenters. The Bertz CT molecular complexity index is 332. The molecule has 0 spiro atoms. The van der Waals surface area contributed by atoms with Crippen LogP contribution in [0.25, 0.3) is 0 Å². The summed E-state index contributed by atoms with van der Waals surface area (Å²) in [5.41, 5.74) is 1.41. The minimum absolute atomic E-state index is 0.0972. The number of aliphatic hydroxyl groups excluding tert-OH is 2. The van der Waals surface area contributed by atoms with E-state index in [1.54, 1.807) is 24.3 Å². The molecular weight excluding hydrogens is 232 g/mol. The molecule has 4 nitrogen and oxygen atoms in total. The molecule has 0 aliphatic rings. The summed E-state index contributed by atoms with van der Waals surface area (Å²) in [6.45, 7) is 3.88. The Morgan fingerprint density at radius 2 is 1.83 bits per heavy atom. The molecule has 0 aliphatic carbocycles. The third kappa shape index (κ3) is 7.81. The summed E-state index contributed by atoms with van der Waals surface area (Å²) < 4.78 is 0. The van der Waals surface area contributed by atoms with Gasteiger partial charge in [0.2, 0.25) is 0 Å². The van der Waals surface area contributed by atoms with E-state index in [-0.39, 0.29) is 6.61 Å². The lowest BCUT2D eigenvalue weighted by atomic mass is 10.2. The molecule has 1 aromatic carbocycles. The molecule has 1 unspecified atom stereocenters. The van der Waals surface area contributed by atoms with Crippen LogP contribution in [0.15, 0.2) is 24.3 Å². The number of rotatable bonds is 5. The lowest BCUT2D eigenvalue weighted by molar-refractivity contribution is 0.0697. The Hall–Kier alpha value is -1.39. The normalized spacial score (nSPS) is 11.3. The summed E-state index contributed by atoms with van der Waals surface area (Å²) >= 11 is 0. The zero-order valence-corrected chi connectivity index (χ0v) is 11.0. The molecule has 1 aromatic rings. The molecule has 0 aromatic heterocycles. The predicted molar refractivity (Wildman–Crippen MR) is 70.8 cm³/mol. The fourth-order valence-electron chi connectivity index (χ4n) is 1.23. The van der Waals surface area contributed by atoms with Crippen molar-refractivity contribution in [1.82, 2.24) is 0 Å². The van der Waals surface area contributed by atoms with Crippen LogP contribution in [0.2, 0.25) is 0 Å². The molecule has 0 heterocycles. The lowest BCUT2D eigenvalue weighted by Gasteiger charge is -2.02. The van der Waals surface area contributed by atoms with Crippen LogP contribution in [0, 0.1) is 6.92 Å².